The lowest BCUT2D eigenvalue weighted by Crippen LogP contribution is -2.31. The van der Waals surface area contributed by atoms with E-state index in [9.17, 15) is 14.7 Å². The summed E-state index contributed by atoms with van der Waals surface area (Å²) < 4.78 is 1.17. The molecule has 0 fully saturated rings. The second-order valence-electron chi connectivity index (χ2n) is 4.97. The number of rotatable bonds is 6. The van der Waals surface area contributed by atoms with Crippen molar-refractivity contribution in [1.82, 2.24) is 9.55 Å². The van der Waals surface area contributed by atoms with Gasteiger partial charge in [0.25, 0.3) is 5.56 Å². The highest BCUT2D eigenvalue weighted by Crippen LogP contribution is 2.13. The lowest BCUT2D eigenvalue weighted by molar-refractivity contribution is 0.394. The van der Waals surface area contributed by atoms with Gasteiger partial charge in [-0.15, -0.1) is 0 Å². The molecule has 0 saturated heterocycles. The van der Waals surface area contributed by atoms with Crippen LogP contribution in [-0.2, 0) is 6.54 Å². The predicted molar refractivity (Wildman–Crippen MR) is 91.5 cm³/mol. The number of para-hydroxylation sites is 1. The summed E-state index contributed by atoms with van der Waals surface area (Å²) in [6.45, 7) is 2.34. The van der Waals surface area contributed by atoms with Crippen LogP contribution in [-0.4, -0.2) is 20.9 Å². The summed E-state index contributed by atoms with van der Waals surface area (Å²) in [5.74, 6) is -0.323. The molecule has 0 aliphatic rings. The molecular weight excluding hydrogens is 294 g/mol. The minimum absolute atomic E-state index is 0.0419. The van der Waals surface area contributed by atoms with Gasteiger partial charge in [-0.25, -0.2) is 4.79 Å². The highest BCUT2D eigenvalue weighted by atomic mass is 16.3. The third-order valence-electron chi connectivity index (χ3n) is 3.27. The first-order valence-electron chi connectivity index (χ1n) is 7.45. The van der Waals surface area contributed by atoms with Gasteiger partial charge < -0.3 is 5.11 Å². The van der Waals surface area contributed by atoms with E-state index >= 15 is 0 Å². The monoisotopic (exact) mass is 313 g/mol. The number of aromatic hydroxyl groups is 1. The third kappa shape index (κ3) is 4.29. The van der Waals surface area contributed by atoms with Gasteiger partial charge in [0.15, 0.2) is 0 Å². The number of unbranched alkanes of at least 4 members (excludes halogenated alkanes) is 1. The lowest BCUT2D eigenvalue weighted by Gasteiger charge is -2.08. The molecule has 1 aromatic heterocycles. The maximum absolute atomic E-state index is 11.8. The zero-order valence-corrected chi connectivity index (χ0v) is 12.9. The molecule has 0 aliphatic carbocycles. The molecule has 0 spiro atoms. The van der Waals surface area contributed by atoms with Crippen molar-refractivity contribution in [2.24, 2.45) is 4.99 Å². The van der Waals surface area contributed by atoms with Crippen LogP contribution in [0, 0.1) is 0 Å². The van der Waals surface area contributed by atoms with E-state index in [4.69, 9.17) is 0 Å². The Labute approximate surface area is 133 Å². The minimum Gasteiger partial charge on any atom is -0.494 e. The maximum Gasteiger partial charge on any atom is 0.331 e. The minimum atomic E-state index is -0.621. The van der Waals surface area contributed by atoms with Gasteiger partial charge in [-0.1, -0.05) is 31.5 Å². The zero-order valence-electron chi connectivity index (χ0n) is 12.9. The van der Waals surface area contributed by atoms with E-state index in [0.717, 1.165) is 18.5 Å². The highest BCUT2D eigenvalue weighted by Gasteiger charge is 2.10. The second kappa shape index (κ2) is 7.93. The largest absolute Gasteiger partial charge is 0.494 e. The van der Waals surface area contributed by atoms with Crippen LogP contribution in [0.25, 0.3) is 6.08 Å². The normalized spacial score (nSPS) is 11.5. The van der Waals surface area contributed by atoms with Crippen LogP contribution in [0.5, 0.6) is 5.88 Å². The average molecular weight is 313 g/mol. The quantitative estimate of drug-likeness (QED) is 0.803. The van der Waals surface area contributed by atoms with Crippen molar-refractivity contribution < 1.29 is 5.11 Å². The van der Waals surface area contributed by atoms with E-state index in [1.165, 1.54) is 16.9 Å². The molecule has 0 aliphatic heterocycles. The van der Waals surface area contributed by atoms with Crippen molar-refractivity contribution in [1.29, 1.82) is 0 Å². The van der Waals surface area contributed by atoms with Crippen LogP contribution in [0.4, 0.5) is 5.69 Å². The number of aromatic nitrogens is 2. The number of H-pyrrole nitrogens is 1. The van der Waals surface area contributed by atoms with Gasteiger partial charge in [0, 0.05) is 12.8 Å². The molecule has 0 saturated carbocycles. The van der Waals surface area contributed by atoms with Gasteiger partial charge in [-0.3, -0.25) is 19.3 Å². The van der Waals surface area contributed by atoms with Crippen LogP contribution in [0.1, 0.15) is 25.3 Å². The van der Waals surface area contributed by atoms with Crippen LogP contribution in [0.3, 0.4) is 0 Å². The topological polar surface area (TPSA) is 87.4 Å². The van der Waals surface area contributed by atoms with Crippen LogP contribution < -0.4 is 11.2 Å². The SMILES string of the molecule is CCCCn1c(O)c(/C=C/C=Nc2ccccc2)c(=O)[nH]c1=O. The Kier molecular flexibility index (Phi) is 5.68. The molecule has 0 amide bonds. The summed E-state index contributed by atoms with van der Waals surface area (Å²) in [6, 6.07) is 9.33. The van der Waals surface area contributed by atoms with E-state index in [-0.39, 0.29) is 11.4 Å². The summed E-state index contributed by atoms with van der Waals surface area (Å²) in [4.78, 5) is 30.0. The van der Waals surface area contributed by atoms with Gasteiger partial charge in [0.1, 0.15) is 5.56 Å². The fraction of sp³-hybridized carbons (Fsp3) is 0.235. The third-order valence-corrected chi connectivity index (χ3v) is 3.27. The Morgan fingerprint density at radius 1 is 1.26 bits per heavy atom. The Balaban J connectivity index is 2.25. The van der Waals surface area contributed by atoms with Gasteiger partial charge in [-0.2, -0.15) is 0 Å². The molecule has 23 heavy (non-hydrogen) atoms. The van der Waals surface area contributed by atoms with Crippen LogP contribution >= 0.6 is 0 Å². The zero-order chi connectivity index (χ0) is 16.7. The highest BCUT2D eigenvalue weighted by molar-refractivity contribution is 5.80. The lowest BCUT2D eigenvalue weighted by atomic mass is 10.2. The number of nitrogens with one attached hydrogen (secondary N) is 1. The smallest absolute Gasteiger partial charge is 0.331 e. The maximum atomic E-state index is 11.8. The van der Waals surface area contributed by atoms with Crippen molar-refractivity contribution in [2.45, 2.75) is 26.3 Å². The second-order valence-corrected chi connectivity index (χ2v) is 4.97. The summed E-state index contributed by atoms with van der Waals surface area (Å²) in [6.07, 6.45) is 6.11. The number of aromatic amines is 1. The molecule has 2 aromatic rings. The van der Waals surface area contributed by atoms with E-state index < -0.39 is 11.2 Å². The Morgan fingerprint density at radius 2 is 2.00 bits per heavy atom. The van der Waals surface area contributed by atoms with Crippen molar-refractivity contribution in [3.63, 3.8) is 0 Å². The van der Waals surface area contributed by atoms with Gasteiger partial charge in [0.2, 0.25) is 5.88 Å². The average Bonchev–Trinajstić information content (AvgIpc) is 2.54. The molecule has 0 radical (unpaired) electrons. The first-order chi connectivity index (χ1) is 11.1. The van der Waals surface area contributed by atoms with Crippen LogP contribution in [0.2, 0.25) is 0 Å². The van der Waals surface area contributed by atoms with Gasteiger partial charge in [-0.05, 0) is 30.7 Å². The van der Waals surface area contributed by atoms with Crippen molar-refractivity contribution in [2.75, 3.05) is 0 Å². The van der Waals surface area contributed by atoms with Gasteiger partial charge in [0.05, 0.1) is 5.69 Å². The Bertz CT molecular complexity index is 817. The molecule has 2 N–H and O–H groups in total. The van der Waals surface area contributed by atoms with E-state index in [1.807, 2.05) is 37.3 Å². The molecule has 0 bridgehead atoms. The molecule has 0 atom stereocenters. The van der Waals surface area contributed by atoms with E-state index in [2.05, 4.69) is 9.98 Å². The summed E-state index contributed by atoms with van der Waals surface area (Å²) in [5.41, 5.74) is -0.399. The number of aliphatic imine (C=N–C) groups is 1. The Hall–Kier alpha value is -2.89. The summed E-state index contributed by atoms with van der Waals surface area (Å²) >= 11 is 0. The van der Waals surface area contributed by atoms with Crippen molar-refractivity contribution >= 4 is 18.0 Å². The molecular formula is C17H19N3O3. The standard InChI is InChI=1S/C17H19N3O3/c1-2-3-12-20-16(22)14(15(21)19-17(20)23)10-7-11-18-13-8-5-4-6-9-13/h4-11,22H,2-3,12H2,1H3,(H,19,21,23)/b10-7+,18-11?. The van der Waals surface area contributed by atoms with Crippen LogP contribution in [0.15, 0.2) is 51.0 Å². The fourth-order valence-electron chi connectivity index (χ4n) is 2.03. The molecule has 120 valence electrons. The molecule has 1 heterocycles. The molecule has 6 nitrogen and oxygen atoms in total. The number of hydrogen-bond donors (Lipinski definition) is 2. The first-order valence-corrected chi connectivity index (χ1v) is 7.45. The number of hydrogen-bond acceptors (Lipinski definition) is 4. The number of nitrogens with zero attached hydrogens (tertiary/aromatic N) is 2. The van der Waals surface area contributed by atoms with Gasteiger partial charge >= 0.3 is 5.69 Å². The predicted octanol–water partition coefficient (Wildman–Crippen LogP) is 2.46. The number of benzene rings is 1. The first kappa shape index (κ1) is 16.5. The Morgan fingerprint density at radius 3 is 2.70 bits per heavy atom. The summed E-state index contributed by atoms with van der Waals surface area (Å²) in [7, 11) is 0. The molecule has 6 heteroatoms. The molecule has 2 rings (SSSR count). The van der Waals surface area contributed by atoms with Crippen molar-refractivity contribution in [3.8, 4) is 5.88 Å². The molecule has 0 unspecified atom stereocenters. The summed E-state index contributed by atoms with van der Waals surface area (Å²) in [5, 5.41) is 10.1. The molecule has 1 aromatic carbocycles. The van der Waals surface area contributed by atoms with E-state index in [0.29, 0.717) is 6.54 Å². The van der Waals surface area contributed by atoms with E-state index in [1.54, 1.807) is 6.08 Å². The van der Waals surface area contributed by atoms with Crippen molar-refractivity contribution in [3.05, 3.63) is 62.8 Å². The fourth-order valence-corrected chi connectivity index (χ4v) is 2.03. The number of allylic oxidation sites excluding steroid dienone is 1.